The third kappa shape index (κ3) is 4.61. The van der Waals surface area contributed by atoms with E-state index in [0.717, 1.165) is 29.2 Å². The summed E-state index contributed by atoms with van der Waals surface area (Å²) in [7, 11) is 9.20. The van der Waals surface area contributed by atoms with Gasteiger partial charge in [0.05, 0.1) is 26.1 Å². The molecule has 0 bridgehead atoms. The van der Waals surface area contributed by atoms with Crippen LogP contribution in [0.1, 0.15) is 29.2 Å². The van der Waals surface area contributed by atoms with Gasteiger partial charge in [-0.2, -0.15) is 5.10 Å². The van der Waals surface area contributed by atoms with E-state index >= 15 is 0 Å². The number of anilines is 1. The predicted molar refractivity (Wildman–Crippen MR) is 122 cm³/mol. The topological polar surface area (TPSA) is 87.3 Å². The summed E-state index contributed by atoms with van der Waals surface area (Å²) in [6.07, 6.45) is 5.95. The highest BCUT2D eigenvalue weighted by Crippen LogP contribution is 2.46. The molecular weight excluding hydrogens is 408 g/mol. The van der Waals surface area contributed by atoms with E-state index in [4.69, 9.17) is 9.47 Å². The molecule has 4 rings (SSSR count). The number of aromatic nitrogens is 5. The fourth-order valence-corrected chi connectivity index (χ4v) is 4.11. The third-order valence-corrected chi connectivity index (χ3v) is 5.93. The minimum absolute atomic E-state index is 0.0978. The number of hydrogen-bond acceptors (Lipinski definition) is 7. The molecule has 3 aromatic rings. The van der Waals surface area contributed by atoms with Gasteiger partial charge in [0, 0.05) is 62.9 Å². The lowest BCUT2D eigenvalue weighted by Gasteiger charge is -2.15. The summed E-state index contributed by atoms with van der Waals surface area (Å²) in [5.74, 6) is 3.07. The molecule has 0 radical (unpaired) electrons. The molecule has 0 spiro atoms. The lowest BCUT2D eigenvalue weighted by atomic mass is 10.1. The van der Waals surface area contributed by atoms with Crippen LogP contribution in [-0.4, -0.2) is 52.4 Å². The van der Waals surface area contributed by atoms with Crippen LogP contribution in [0.25, 0.3) is 0 Å². The molecule has 0 amide bonds. The number of ether oxygens (including phenoxy) is 2. The standard InChI is InChI=1S/C23H30N6O3/c1-27(2)22-16(12-25-28(22)3)7-6-15-11-21(26-29(4)23(15)30)32-14-17-10-19(17)20-9-8-18(31-5)13-24-20/h8-9,11-13,17,19H,6-7,10,14H2,1-5H3/t17-,19+/m1/s1. The Morgan fingerprint density at radius 3 is 2.59 bits per heavy atom. The molecule has 0 unspecified atom stereocenters. The molecule has 2 atom stereocenters. The van der Waals surface area contributed by atoms with Crippen LogP contribution in [0, 0.1) is 5.92 Å². The Morgan fingerprint density at radius 1 is 1.12 bits per heavy atom. The molecule has 0 N–H and O–H groups in total. The van der Waals surface area contributed by atoms with Crippen LogP contribution in [0.4, 0.5) is 5.82 Å². The molecule has 3 aromatic heterocycles. The second-order valence-electron chi connectivity index (χ2n) is 8.48. The van der Waals surface area contributed by atoms with Gasteiger partial charge in [-0.25, -0.2) is 4.68 Å². The molecule has 9 heteroatoms. The van der Waals surface area contributed by atoms with Crippen LogP contribution in [0.3, 0.4) is 0 Å². The van der Waals surface area contributed by atoms with Gasteiger partial charge in [0.15, 0.2) is 0 Å². The third-order valence-electron chi connectivity index (χ3n) is 5.93. The fraction of sp³-hybridized carbons (Fsp3) is 0.478. The molecular formula is C23H30N6O3. The zero-order chi connectivity index (χ0) is 22.8. The number of rotatable bonds is 9. The number of methoxy groups -OCH3 is 1. The van der Waals surface area contributed by atoms with Gasteiger partial charge in [0.1, 0.15) is 11.6 Å². The van der Waals surface area contributed by atoms with Crippen LogP contribution < -0.4 is 19.9 Å². The second-order valence-corrected chi connectivity index (χ2v) is 8.48. The van der Waals surface area contributed by atoms with Crippen molar-refractivity contribution in [2.45, 2.75) is 25.2 Å². The summed E-state index contributed by atoms with van der Waals surface area (Å²) in [5, 5.41) is 8.63. The van der Waals surface area contributed by atoms with Gasteiger partial charge in [-0.3, -0.25) is 14.5 Å². The van der Waals surface area contributed by atoms with Crippen LogP contribution in [0.15, 0.2) is 35.4 Å². The lowest BCUT2D eigenvalue weighted by Crippen LogP contribution is -2.24. The van der Waals surface area contributed by atoms with Gasteiger partial charge in [-0.15, -0.1) is 5.10 Å². The second kappa shape index (κ2) is 9.02. The lowest BCUT2D eigenvalue weighted by molar-refractivity contribution is 0.277. The predicted octanol–water partition coefficient (Wildman–Crippen LogP) is 1.95. The van der Waals surface area contributed by atoms with E-state index in [2.05, 4.69) is 15.2 Å². The Hall–Kier alpha value is -3.36. The van der Waals surface area contributed by atoms with Crippen molar-refractivity contribution < 1.29 is 9.47 Å². The maximum Gasteiger partial charge on any atom is 0.269 e. The van der Waals surface area contributed by atoms with Crippen molar-refractivity contribution in [3.8, 4) is 11.6 Å². The monoisotopic (exact) mass is 438 g/mol. The molecule has 3 heterocycles. The smallest absolute Gasteiger partial charge is 0.269 e. The van der Waals surface area contributed by atoms with E-state index in [0.29, 0.717) is 42.7 Å². The highest BCUT2D eigenvalue weighted by atomic mass is 16.5. The van der Waals surface area contributed by atoms with Crippen LogP contribution in [-0.2, 0) is 26.9 Å². The summed E-state index contributed by atoms with van der Waals surface area (Å²) in [4.78, 5) is 19.1. The van der Waals surface area contributed by atoms with Gasteiger partial charge in [-0.1, -0.05) is 0 Å². The Kier molecular flexibility index (Phi) is 6.16. The minimum atomic E-state index is -0.0978. The Morgan fingerprint density at radius 2 is 1.91 bits per heavy atom. The molecule has 0 saturated heterocycles. The van der Waals surface area contributed by atoms with E-state index in [1.54, 1.807) is 26.4 Å². The Bertz CT molecular complexity index is 1140. The summed E-state index contributed by atoms with van der Waals surface area (Å²) in [5.41, 5.74) is 2.75. The highest BCUT2D eigenvalue weighted by molar-refractivity contribution is 5.45. The van der Waals surface area contributed by atoms with Gasteiger partial charge < -0.3 is 14.4 Å². The summed E-state index contributed by atoms with van der Waals surface area (Å²) in [6, 6.07) is 5.72. The molecule has 0 aromatic carbocycles. The Balaban J connectivity index is 1.39. The number of hydrogen-bond donors (Lipinski definition) is 0. The fourth-order valence-electron chi connectivity index (χ4n) is 4.11. The van der Waals surface area contributed by atoms with E-state index in [-0.39, 0.29) is 5.56 Å². The van der Waals surface area contributed by atoms with E-state index < -0.39 is 0 Å². The van der Waals surface area contributed by atoms with Crippen LogP contribution in [0.5, 0.6) is 11.6 Å². The van der Waals surface area contributed by atoms with Crippen molar-refractivity contribution in [2.75, 3.05) is 32.7 Å². The molecule has 170 valence electrons. The highest BCUT2D eigenvalue weighted by Gasteiger charge is 2.40. The van der Waals surface area contributed by atoms with Gasteiger partial charge >= 0.3 is 0 Å². The summed E-state index contributed by atoms with van der Waals surface area (Å²) >= 11 is 0. The molecule has 9 nitrogen and oxygen atoms in total. The maximum absolute atomic E-state index is 12.6. The number of nitrogens with zero attached hydrogens (tertiary/aromatic N) is 6. The average Bonchev–Trinajstić information content (AvgIpc) is 3.46. The zero-order valence-corrected chi connectivity index (χ0v) is 19.3. The normalized spacial score (nSPS) is 17.3. The quantitative estimate of drug-likeness (QED) is 0.505. The molecule has 1 aliphatic rings. The molecule has 1 aliphatic carbocycles. The molecule has 1 fully saturated rings. The average molecular weight is 439 g/mol. The Labute approximate surface area is 187 Å². The van der Waals surface area contributed by atoms with Crippen molar-refractivity contribution in [2.24, 2.45) is 20.0 Å². The van der Waals surface area contributed by atoms with Crippen molar-refractivity contribution in [1.29, 1.82) is 0 Å². The van der Waals surface area contributed by atoms with Gasteiger partial charge in [-0.05, 0) is 31.4 Å². The first-order valence-corrected chi connectivity index (χ1v) is 10.8. The van der Waals surface area contributed by atoms with Crippen molar-refractivity contribution in [3.63, 3.8) is 0 Å². The SMILES string of the molecule is COc1ccc([C@H]2C[C@@H]2COc2cc(CCc3cnn(C)c3N(C)C)c(=O)n(C)n2)nc1. The summed E-state index contributed by atoms with van der Waals surface area (Å²) in [6.45, 7) is 0.552. The first-order chi connectivity index (χ1) is 15.4. The van der Waals surface area contributed by atoms with Gasteiger partial charge in [0.2, 0.25) is 5.88 Å². The number of pyridine rings is 1. The first-order valence-electron chi connectivity index (χ1n) is 10.8. The van der Waals surface area contributed by atoms with E-state index in [1.165, 1.54) is 4.68 Å². The molecule has 1 saturated carbocycles. The minimum Gasteiger partial charge on any atom is -0.495 e. The van der Waals surface area contributed by atoms with E-state index in [1.807, 2.05) is 49.1 Å². The van der Waals surface area contributed by atoms with Crippen LogP contribution in [0.2, 0.25) is 0 Å². The van der Waals surface area contributed by atoms with Crippen molar-refractivity contribution >= 4 is 5.82 Å². The first kappa shape index (κ1) is 21.9. The maximum atomic E-state index is 12.6. The van der Waals surface area contributed by atoms with Crippen molar-refractivity contribution in [1.82, 2.24) is 24.5 Å². The molecule has 0 aliphatic heterocycles. The van der Waals surface area contributed by atoms with Gasteiger partial charge in [0.25, 0.3) is 5.56 Å². The van der Waals surface area contributed by atoms with Crippen LogP contribution >= 0.6 is 0 Å². The van der Waals surface area contributed by atoms with E-state index in [9.17, 15) is 4.79 Å². The number of aryl methyl sites for hydroxylation is 4. The van der Waals surface area contributed by atoms with Crippen molar-refractivity contribution in [3.05, 3.63) is 57.8 Å². The largest absolute Gasteiger partial charge is 0.495 e. The molecule has 32 heavy (non-hydrogen) atoms. The zero-order valence-electron chi connectivity index (χ0n) is 19.3. The summed E-state index contributed by atoms with van der Waals surface area (Å²) < 4.78 is 14.3.